The molecule has 0 saturated heterocycles. The molecule has 0 spiro atoms. The maximum Gasteiger partial charge on any atom is 0.125 e. The third-order valence-electron chi connectivity index (χ3n) is 3.70. The van der Waals surface area contributed by atoms with Gasteiger partial charge in [-0.2, -0.15) is 0 Å². The molecule has 21 heavy (non-hydrogen) atoms. The standard InChI is InChI=1S/C19H33NO/c1-7-8-15(4)13-21-19-16(5)9-18(10-17(19)6)12-20-11-14(2)3/h9-10,14-15,20H,7-8,11-13H2,1-6H3. The number of hydrogen-bond donors (Lipinski definition) is 1. The lowest BCUT2D eigenvalue weighted by Crippen LogP contribution is -2.19. The molecule has 0 fully saturated rings. The fraction of sp³-hybridized carbons (Fsp3) is 0.684. The predicted octanol–water partition coefficient (Wildman–Crippen LogP) is 4.86. The summed E-state index contributed by atoms with van der Waals surface area (Å²) in [5, 5.41) is 3.50. The molecule has 0 amide bonds. The second kappa shape index (κ2) is 9.09. The average Bonchev–Trinajstić information content (AvgIpc) is 2.37. The molecule has 0 bridgehead atoms. The third kappa shape index (κ3) is 6.52. The molecule has 0 saturated carbocycles. The second-order valence-corrected chi connectivity index (χ2v) is 6.79. The van der Waals surface area contributed by atoms with Crippen LogP contribution in [-0.2, 0) is 6.54 Å². The smallest absolute Gasteiger partial charge is 0.125 e. The van der Waals surface area contributed by atoms with E-state index in [1.165, 1.54) is 29.5 Å². The summed E-state index contributed by atoms with van der Waals surface area (Å²) in [6, 6.07) is 4.50. The van der Waals surface area contributed by atoms with E-state index in [-0.39, 0.29) is 0 Å². The molecule has 1 aromatic rings. The van der Waals surface area contributed by atoms with Crippen LogP contribution in [0.15, 0.2) is 12.1 Å². The molecule has 0 aliphatic carbocycles. The molecule has 1 aromatic carbocycles. The molecule has 1 rings (SSSR count). The summed E-state index contributed by atoms with van der Waals surface area (Å²) in [7, 11) is 0. The molecule has 1 N–H and O–H groups in total. The molecule has 1 unspecified atom stereocenters. The quantitative estimate of drug-likeness (QED) is 0.701. The lowest BCUT2D eigenvalue weighted by atomic mass is 10.0. The molecule has 2 heteroatoms. The summed E-state index contributed by atoms with van der Waals surface area (Å²) in [5.41, 5.74) is 3.85. The molecule has 120 valence electrons. The molecular formula is C19H33NO. The first kappa shape index (κ1) is 18.0. The van der Waals surface area contributed by atoms with Crippen LogP contribution in [0.25, 0.3) is 0 Å². The van der Waals surface area contributed by atoms with Crippen LogP contribution < -0.4 is 10.1 Å². The second-order valence-electron chi connectivity index (χ2n) is 6.79. The Kier molecular flexibility index (Phi) is 7.81. The van der Waals surface area contributed by atoms with Crippen molar-refractivity contribution >= 4 is 0 Å². The van der Waals surface area contributed by atoms with Crippen LogP contribution in [0.5, 0.6) is 5.75 Å². The van der Waals surface area contributed by atoms with E-state index in [0.29, 0.717) is 11.8 Å². The lowest BCUT2D eigenvalue weighted by molar-refractivity contribution is 0.248. The number of nitrogens with one attached hydrogen (secondary N) is 1. The summed E-state index contributed by atoms with van der Waals surface area (Å²) in [5.74, 6) is 2.39. The van der Waals surface area contributed by atoms with Crippen molar-refractivity contribution < 1.29 is 4.74 Å². The zero-order valence-electron chi connectivity index (χ0n) is 14.8. The summed E-state index contributed by atoms with van der Waals surface area (Å²) in [6.45, 7) is 16.1. The van der Waals surface area contributed by atoms with Crippen LogP contribution in [0.1, 0.15) is 57.2 Å². The average molecular weight is 291 g/mol. The van der Waals surface area contributed by atoms with Gasteiger partial charge in [-0.3, -0.25) is 0 Å². The van der Waals surface area contributed by atoms with Crippen molar-refractivity contribution in [2.45, 2.75) is 60.9 Å². The van der Waals surface area contributed by atoms with Gasteiger partial charge in [0.2, 0.25) is 0 Å². The Bertz CT molecular complexity index is 403. The Labute approximate surface area is 131 Å². The van der Waals surface area contributed by atoms with E-state index in [9.17, 15) is 0 Å². The van der Waals surface area contributed by atoms with Gasteiger partial charge in [0.05, 0.1) is 6.61 Å². The normalized spacial score (nSPS) is 12.7. The molecule has 0 aliphatic rings. The highest BCUT2D eigenvalue weighted by molar-refractivity contribution is 5.43. The molecule has 0 radical (unpaired) electrons. The van der Waals surface area contributed by atoms with E-state index in [1.807, 2.05) is 0 Å². The Balaban J connectivity index is 2.62. The minimum atomic E-state index is 0.626. The van der Waals surface area contributed by atoms with Crippen LogP contribution >= 0.6 is 0 Å². The van der Waals surface area contributed by atoms with Crippen LogP contribution in [0, 0.1) is 25.7 Å². The van der Waals surface area contributed by atoms with Crippen molar-refractivity contribution in [3.05, 3.63) is 28.8 Å². The van der Waals surface area contributed by atoms with Crippen molar-refractivity contribution in [3.63, 3.8) is 0 Å². The van der Waals surface area contributed by atoms with E-state index in [0.717, 1.165) is 25.4 Å². The van der Waals surface area contributed by atoms with Gasteiger partial charge in [0.15, 0.2) is 0 Å². The summed E-state index contributed by atoms with van der Waals surface area (Å²) in [6.07, 6.45) is 2.46. The zero-order valence-corrected chi connectivity index (χ0v) is 14.8. The zero-order chi connectivity index (χ0) is 15.8. The minimum Gasteiger partial charge on any atom is -0.493 e. The van der Waals surface area contributed by atoms with Crippen LogP contribution in [0.2, 0.25) is 0 Å². The molecule has 2 nitrogen and oxygen atoms in total. The Hall–Kier alpha value is -1.02. The minimum absolute atomic E-state index is 0.626. The fourth-order valence-electron chi connectivity index (χ4n) is 2.68. The number of benzene rings is 1. The molecular weight excluding hydrogens is 258 g/mol. The molecule has 0 heterocycles. The summed E-state index contributed by atoms with van der Waals surface area (Å²) >= 11 is 0. The van der Waals surface area contributed by atoms with E-state index < -0.39 is 0 Å². The third-order valence-corrected chi connectivity index (χ3v) is 3.70. The van der Waals surface area contributed by atoms with E-state index >= 15 is 0 Å². The highest BCUT2D eigenvalue weighted by Crippen LogP contribution is 2.25. The first-order valence-corrected chi connectivity index (χ1v) is 8.37. The largest absolute Gasteiger partial charge is 0.493 e. The van der Waals surface area contributed by atoms with Gasteiger partial charge in [0.1, 0.15) is 5.75 Å². The van der Waals surface area contributed by atoms with E-state index in [2.05, 4.69) is 59.0 Å². The van der Waals surface area contributed by atoms with Gasteiger partial charge in [-0.25, -0.2) is 0 Å². The van der Waals surface area contributed by atoms with Gasteiger partial charge in [0.25, 0.3) is 0 Å². The molecule has 0 aromatic heterocycles. The van der Waals surface area contributed by atoms with Crippen molar-refractivity contribution in [1.82, 2.24) is 5.32 Å². The van der Waals surface area contributed by atoms with Crippen molar-refractivity contribution in [2.24, 2.45) is 11.8 Å². The molecule has 0 aliphatic heterocycles. The van der Waals surface area contributed by atoms with Gasteiger partial charge in [-0.15, -0.1) is 0 Å². The Morgan fingerprint density at radius 1 is 1.10 bits per heavy atom. The Morgan fingerprint density at radius 2 is 1.71 bits per heavy atom. The van der Waals surface area contributed by atoms with Crippen molar-refractivity contribution in [3.8, 4) is 5.75 Å². The fourth-order valence-corrected chi connectivity index (χ4v) is 2.68. The summed E-state index contributed by atoms with van der Waals surface area (Å²) < 4.78 is 6.06. The molecule has 1 atom stereocenters. The maximum absolute atomic E-state index is 6.06. The first-order valence-electron chi connectivity index (χ1n) is 8.37. The van der Waals surface area contributed by atoms with Gasteiger partial charge in [0, 0.05) is 6.54 Å². The maximum atomic E-state index is 6.06. The topological polar surface area (TPSA) is 21.3 Å². The highest BCUT2D eigenvalue weighted by atomic mass is 16.5. The van der Waals surface area contributed by atoms with Gasteiger partial charge in [-0.05, 0) is 55.3 Å². The lowest BCUT2D eigenvalue weighted by Gasteiger charge is -2.17. The van der Waals surface area contributed by atoms with Gasteiger partial charge >= 0.3 is 0 Å². The number of hydrogen-bond acceptors (Lipinski definition) is 2. The van der Waals surface area contributed by atoms with Crippen molar-refractivity contribution in [1.29, 1.82) is 0 Å². The number of ether oxygens (including phenoxy) is 1. The number of rotatable bonds is 9. The van der Waals surface area contributed by atoms with Gasteiger partial charge in [-0.1, -0.05) is 46.2 Å². The van der Waals surface area contributed by atoms with E-state index in [4.69, 9.17) is 4.74 Å². The van der Waals surface area contributed by atoms with Crippen LogP contribution in [-0.4, -0.2) is 13.2 Å². The van der Waals surface area contributed by atoms with Gasteiger partial charge < -0.3 is 10.1 Å². The van der Waals surface area contributed by atoms with Crippen LogP contribution in [0.3, 0.4) is 0 Å². The predicted molar refractivity (Wildman–Crippen MR) is 92.0 cm³/mol. The summed E-state index contributed by atoms with van der Waals surface area (Å²) in [4.78, 5) is 0. The first-order chi connectivity index (χ1) is 9.93. The Morgan fingerprint density at radius 3 is 2.24 bits per heavy atom. The van der Waals surface area contributed by atoms with Crippen LogP contribution in [0.4, 0.5) is 0 Å². The van der Waals surface area contributed by atoms with E-state index in [1.54, 1.807) is 0 Å². The van der Waals surface area contributed by atoms with Crippen molar-refractivity contribution in [2.75, 3.05) is 13.2 Å². The SMILES string of the molecule is CCCC(C)COc1c(C)cc(CNCC(C)C)cc1C. The number of aryl methyl sites for hydroxylation is 2. The monoisotopic (exact) mass is 291 g/mol. The highest BCUT2D eigenvalue weighted by Gasteiger charge is 2.09.